The second-order valence-electron chi connectivity index (χ2n) is 3.02. The lowest BCUT2D eigenvalue weighted by Gasteiger charge is -2.23. The van der Waals surface area contributed by atoms with Gasteiger partial charge < -0.3 is 0 Å². The Hall–Kier alpha value is -1.12. The van der Waals surface area contributed by atoms with Crippen LogP contribution < -0.4 is 0 Å². The highest BCUT2D eigenvalue weighted by molar-refractivity contribution is 5.19. The smallest absolute Gasteiger partial charge is 0.243 e. The van der Waals surface area contributed by atoms with Gasteiger partial charge >= 0.3 is 0 Å². The lowest BCUT2D eigenvalue weighted by Crippen LogP contribution is -2.39. The molecule has 0 saturated heterocycles. The molecule has 0 aromatic carbocycles. The predicted molar refractivity (Wildman–Crippen MR) is 42.8 cm³/mol. The van der Waals surface area contributed by atoms with Crippen molar-refractivity contribution < 1.29 is 4.92 Å². The molecule has 0 spiro atoms. The molecule has 0 heterocycles. The maximum atomic E-state index is 10.6. The number of hydrogen-bond donors (Lipinski definition) is 0. The molecule has 60 valence electrons. The van der Waals surface area contributed by atoms with Crippen molar-refractivity contribution in [3.05, 3.63) is 34.4 Å². The Kier molecular flexibility index (Phi) is 1.81. The lowest BCUT2D eigenvalue weighted by molar-refractivity contribution is -0.557. The average molecular weight is 153 g/mol. The van der Waals surface area contributed by atoms with E-state index in [9.17, 15) is 10.1 Å². The molecule has 0 bridgehead atoms. The zero-order valence-electron chi connectivity index (χ0n) is 6.65. The summed E-state index contributed by atoms with van der Waals surface area (Å²) in [4.78, 5) is 10.4. The minimum Gasteiger partial charge on any atom is -0.264 e. The van der Waals surface area contributed by atoms with Crippen LogP contribution in [-0.2, 0) is 0 Å². The van der Waals surface area contributed by atoms with Crippen LogP contribution in [0, 0.1) is 16.0 Å². The molecule has 3 nitrogen and oxygen atoms in total. The summed E-state index contributed by atoms with van der Waals surface area (Å²) in [5.41, 5.74) is -0.908. The molecule has 1 aliphatic carbocycles. The van der Waals surface area contributed by atoms with Gasteiger partial charge in [-0.05, 0) is 6.08 Å². The topological polar surface area (TPSA) is 43.1 Å². The van der Waals surface area contributed by atoms with E-state index in [1.54, 1.807) is 19.1 Å². The van der Waals surface area contributed by atoms with Crippen LogP contribution in [0.5, 0.6) is 0 Å². The standard InChI is InChI=1S/C8H11NO2/c1-7-5-3-4-6-8(7,2)9(10)11/h3-7H,1-2H3. The molecule has 0 radical (unpaired) electrons. The molecule has 1 rings (SSSR count). The Balaban J connectivity index is 2.94. The van der Waals surface area contributed by atoms with Crippen LogP contribution in [0.2, 0.25) is 0 Å². The fourth-order valence-corrected chi connectivity index (χ4v) is 1.05. The average Bonchev–Trinajstić information content (AvgIpc) is 1.95. The SMILES string of the molecule is CC1C=CC=CC1(C)[N+](=O)[O-]. The molecule has 0 aromatic heterocycles. The molecule has 0 saturated carbocycles. The molecule has 1 aliphatic rings. The molecular weight excluding hydrogens is 142 g/mol. The van der Waals surface area contributed by atoms with Crippen molar-refractivity contribution in [2.24, 2.45) is 5.92 Å². The van der Waals surface area contributed by atoms with Crippen LogP contribution in [0.15, 0.2) is 24.3 Å². The van der Waals surface area contributed by atoms with Gasteiger partial charge in [0.05, 0.1) is 0 Å². The van der Waals surface area contributed by atoms with E-state index in [2.05, 4.69) is 0 Å². The summed E-state index contributed by atoms with van der Waals surface area (Å²) in [7, 11) is 0. The summed E-state index contributed by atoms with van der Waals surface area (Å²) in [6, 6.07) is 0. The zero-order chi connectivity index (χ0) is 8.48. The summed E-state index contributed by atoms with van der Waals surface area (Å²) in [5.74, 6) is -0.0255. The van der Waals surface area contributed by atoms with Crippen molar-refractivity contribution >= 4 is 0 Å². The van der Waals surface area contributed by atoms with Gasteiger partial charge in [0.1, 0.15) is 0 Å². The predicted octanol–water partition coefficient (Wildman–Crippen LogP) is 1.78. The van der Waals surface area contributed by atoms with Gasteiger partial charge in [-0.2, -0.15) is 0 Å². The van der Waals surface area contributed by atoms with E-state index >= 15 is 0 Å². The molecule has 2 atom stereocenters. The van der Waals surface area contributed by atoms with E-state index < -0.39 is 5.54 Å². The Morgan fingerprint density at radius 1 is 1.55 bits per heavy atom. The van der Waals surface area contributed by atoms with Crippen LogP contribution in [0.1, 0.15) is 13.8 Å². The van der Waals surface area contributed by atoms with E-state index in [1.807, 2.05) is 19.1 Å². The summed E-state index contributed by atoms with van der Waals surface area (Å²) >= 11 is 0. The van der Waals surface area contributed by atoms with Gasteiger partial charge in [-0.25, -0.2) is 0 Å². The quantitative estimate of drug-likeness (QED) is 0.425. The van der Waals surface area contributed by atoms with Gasteiger partial charge in [0.2, 0.25) is 5.54 Å². The first-order valence-electron chi connectivity index (χ1n) is 3.58. The summed E-state index contributed by atoms with van der Waals surface area (Å²) in [6.07, 6.45) is 7.05. The van der Waals surface area contributed by atoms with Crippen LogP contribution in [0.4, 0.5) is 0 Å². The minimum absolute atomic E-state index is 0.0255. The van der Waals surface area contributed by atoms with E-state index in [1.165, 1.54) is 0 Å². The Bertz CT molecular complexity index is 232. The fraction of sp³-hybridized carbons (Fsp3) is 0.500. The fourth-order valence-electron chi connectivity index (χ4n) is 1.05. The third-order valence-electron chi connectivity index (χ3n) is 2.26. The van der Waals surface area contributed by atoms with Gasteiger partial charge in [0.25, 0.3) is 0 Å². The first-order valence-corrected chi connectivity index (χ1v) is 3.58. The van der Waals surface area contributed by atoms with Crippen molar-refractivity contribution in [3.8, 4) is 0 Å². The maximum absolute atomic E-state index is 10.6. The van der Waals surface area contributed by atoms with Crippen molar-refractivity contribution in [1.82, 2.24) is 0 Å². The van der Waals surface area contributed by atoms with E-state index in [0.29, 0.717) is 0 Å². The molecule has 0 aromatic rings. The van der Waals surface area contributed by atoms with Crippen molar-refractivity contribution in [2.75, 3.05) is 0 Å². The highest BCUT2D eigenvalue weighted by atomic mass is 16.6. The third-order valence-corrected chi connectivity index (χ3v) is 2.26. The maximum Gasteiger partial charge on any atom is 0.243 e. The number of allylic oxidation sites excluding steroid dienone is 2. The Labute approximate surface area is 65.6 Å². The van der Waals surface area contributed by atoms with Crippen LogP contribution >= 0.6 is 0 Å². The largest absolute Gasteiger partial charge is 0.264 e. The van der Waals surface area contributed by atoms with E-state index in [-0.39, 0.29) is 10.8 Å². The number of nitrogens with zero attached hydrogens (tertiary/aromatic N) is 1. The summed E-state index contributed by atoms with van der Waals surface area (Å²) < 4.78 is 0. The second-order valence-corrected chi connectivity index (χ2v) is 3.02. The van der Waals surface area contributed by atoms with Gasteiger partial charge in [-0.3, -0.25) is 10.1 Å². The van der Waals surface area contributed by atoms with Crippen molar-refractivity contribution in [2.45, 2.75) is 19.4 Å². The molecule has 0 amide bonds. The number of hydrogen-bond acceptors (Lipinski definition) is 2. The zero-order valence-corrected chi connectivity index (χ0v) is 6.65. The Morgan fingerprint density at radius 3 is 2.55 bits per heavy atom. The summed E-state index contributed by atoms with van der Waals surface area (Å²) in [5, 5.41) is 10.6. The highest BCUT2D eigenvalue weighted by Gasteiger charge is 2.39. The van der Waals surface area contributed by atoms with Crippen molar-refractivity contribution in [3.63, 3.8) is 0 Å². The molecule has 0 N–H and O–H groups in total. The first-order chi connectivity index (χ1) is 5.07. The number of rotatable bonds is 1. The van der Waals surface area contributed by atoms with E-state index in [0.717, 1.165) is 0 Å². The first kappa shape index (κ1) is 7.98. The van der Waals surface area contributed by atoms with Crippen LogP contribution in [-0.4, -0.2) is 10.5 Å². The van der Waals surface area contributed by atoms with Gasteiger partial charge in [-0.15, -0.1) is 0 Å². The van der Waals surface area contributed by atoms with Gasteiger partial charge in [0.15, 0.2) is 0 Å². The van der Waals surface area contributed by atoms with Gasteiger partial charge in [0, 0.05) is 17.8 Å². The van der Waals surface area contributed by atoms with Crippen molar-refractivity contribution in [1.29, 1.82) is 0 Å². The lowest BCUT2D eigenvalue weighted by atomic mass is 9.84. The van der Waals surface area contributed by atoms with E-state index in [4.69, 9.17) is 0 Å². The van der Waals surface area contributed by atoms with Gasteiger partial charge in [-0.1, -0.05) is 25.2 Å². The number of nitro groups is 1. The normalized spacial score (nSPS) is 35.6. The monoisotopic (exact) mass is 153 g/mol. The molecule has 0 aliphatic heterocycles. The van der Waals surface area contributed by atoms with Crippen LogP contribution in [0.25, 0.3) is 0 Å². The van der Waals surface area contributed by atoms with Crippen LogP contribution in [0.3, 0.4) is 0 Å². The molecular formula is C8H11NO2. The molecule has 11 heavy (non-hydrogen) atoms. The molecule has 2 unspecified atom stereocenters. The molecule has 3 heteroatoms. The molecule has 0 fully saturated rings. The Morgan fingerprint density at radius 2 is 2.18 bits per heavy atom. The second kappa shape index (κ2) is 2.49. The highest BCUT2D eigenvalue weighted by Crippen LogP contribution is 2.26. The summed E-state index contributed by atoms with van der Waals surface area (Å²) in [6.45, 7) is 3.49. The third kappa shape index (κ3) is 1.18. The minimum atomic E-state index is -0.908.